The maximum Gasteiger partial charge on any atom is 0.303 e. The summed E-state index contributed by atoms with van der Waals surface area (Å²) in [5.74, 6) is -3.17. The van der Waals surface area contributed by atoms with Crippen molar-refractivity contribution in [2.24, 2.45) is 5.92 Å². The molecule has 6 heteroatoms. The second-order valence-electron chi connectivity index (χ2n) is 5.34. The van der Waals surface area contributed by atoms with Gasteiger partial charge < -0.3 is 10.0 Å². The molecule has 1 aliphatic rings. The molecule has 0 radical (unpaired) electrons. The fourth-order valence-electron chi connectivity index (χ4n) is 2.51. The Labute approximate surface area is 121 Å². The van der Waals surface area contributed by atoms with Crippen LogP contribution in [0.1, 0.15) is 30.7 Å². The summed E-state index contributed by atoms with van der Waals surface area (Å²) in [6.45, 7) is 0.327. The largest absolute Gasteiger partial charge is 0.481 e. The van der Waals surface area contributed by atoms with E-state index in [-0.39, 0.29) is 17.9 Å². The van der Waals surface area contributed by atoms with Gasteiger partial charge in [0.25, 0.3) is 0 Å². The first-order valence-corrected chi connectivity index (χ1v) is 6.82. The van der Waals surface area contributed by atoms with Crippen LogP contribution in [0.3, 0.4) is 0 Å². The first-order chi connectivity index (χ1) is 9.91. The summed E-state index contributed by atoms with van der Waals surface area (Å²) in [5, 5.41) is 8.55. The Morgan fingerprint density at radius 2 is 1.95 bits per heavy atom. The van der Waals surface area contributed by atoms with Gasteiger partial charge in [-0.1, -0.05) is 6.07 Å². The SMILES string of the molecule is CN(CCCC(=O)O)C(=O)C1CC1c1c(F)cccc1F. The molecule has 4 nitrogen and oxygen atoms in total. The molecule has 1 amide bonds. The van der Waals surface area contributed by atoms with Crippen LogP contribution in [0.15, 0.2) is 18.2 Å². The first-order valence-electron chi connectivity index (χ1n) is 6.82. The Balaban J connectivity index is 1.93. The smallest absolute Gasteiger partial charge is 0.303 e. The molecule has 0 saturated heterocycles. The van der Waals surface area contributed by atoms with Gasteiger partial charge in [0, 0.05) is 37.4 Å². The van der Waals surface area contributed by atoms with Crippen LogP contribution in [0.2, 0.25) is 0 Å². The number of rotatable bonds is 6. The van der Waals surface area contributed by atoms with Crippen molar-refractivity contribution in [3.63, 3.8) is 0 Å². The maximum absolute atomic E-state index is 13.6. The summed E-state index contributed by atoms with van der Waals surface area (Å²) < 4.78 is 27.3. The molecular weight excluding hydrogens is 280 g/mol. The number of amides is 1. The summed E-state index contributed by atoms with van der Waals surface area (Å²) in [7, 11) is 1.58. The molecule has 0 heterocycles. The number of aliphatic carboxylic acids is 1. The zero-order chi connectivity index (χ0) is 15.6. The highest BCUT2D eigenvalue weighted by Gasteiger charge is 2.47. The Bertz CT molecular complexity index is 542. The van der Waals surface area contributed by atoms with Crippen molar-refractivity contribution in [3.8, 4) is 0 Å². The number of carboxylic acids is 1. The van der Waals surface area contributed by atoms with Gasteiger partial charge in [-0.05, 0) is 25.0 Å². The minimum absolute atomic E-state index is 0.00629. The third kappa shape index (κ3) is 3.56. The topological polar surface area (TPSA) is 57.6 Å². The number of hydrogen-bond acceptors (Lipinski definition) is 2. The van der Waals surface area contributed by atoms with Crippen LogP contribution in [0.4, 0.5) is 8.78 Å². The molecule has 0 aliphatic heterocycles. The number of benzene rings is 1. The lowest BCUT2D eigenvalue weighted by Gasteiger charge is -2.16. The second kappa shape index (κ2) is 6.20. The van der Waals surface area contributed by atoms with Crippen molar-refractivity contribution >= 4 is 11.9 Å². The number of carboxylic acid groups (broad SMARTS) is 1. The minimum Gasteiger partial charge on any atom is -0.481 e. The van der Waals surface area contributed by atoms with Gasteiger partial charge in [0.1, 0.15) is 11.6 Å². The van der Waals surface area contributed by atoms with E-state index in [0.717, 1.165) is 0 Å². The molecule has 0 spiro atoms. The summed E-state index contributed by atoms with van der Waals surface area (Å²) >= 11 is 0. The number of halogens is 2. The lowest BCUT2D eigenvalue weighted by atomic mass is 10.1. The molecule has 1 aromatic rings. The lowest BCUT2D eigenvalue weighted by Crippen LogP contribution is -2.29. The Hall–Kier alpha value is -1.98. The maximum atomic E-state index is 13.6. The molecule has 1 N–H and O–H groups in total. The molecule has 114 valence electrons. The van der Waals surface area contributed by atoms with Gasteiger partial charge in [0.05, 0.1) is 0 Å². The Morgan fingerprint density at radius 1 is 1.33 bits per heavy atom. The molecule has 1 fully saturated rings. The summed E-state index contributed by atoms with van der Waals surface area (Å²) in [4.78, 5) is 24.0. The van der Waals surface area contributed by atoms with E-state index >= 15 is 0 Å². The van der Waals surface area contributed by atoms with E-state index in [9.17, 15) is 18.4 Å². The summed E-state index contributed by atoms with van der Waals surface area (Å²) in [6, 6.07) is 3.68. The first kappa shape index (κ1) is 15.4. The molecule has 1 aliphatic carbocycles. The Morgan fingerprint density at radius 3 is 2.52 bits per heavy atom. The van der Waals surface area contributed by atoms with Crippen LogP contribution in [0, 0.1) is 17.6 Å². The molecule has 0 aromatic heterocycles. The van der Waals surface area contributed by atoms with Crippen molar-refractivity contribution < 1.29 is 23.5 Å². The van der Waals surface area contributed by atoms with Gasteiger partial charge in [-0.2, -0.15) is 0 Å². The van der Waals surface area contributed by atoms with Gasteiger partial charge in [0.2, 0.25) is 5.91 Å². The third-order valence-electron chi connectivity index (χ3n) is 3.74. The highest BCUT2D eigenvalue weighted by Crippen LogP contribution is 2.49. The van der Waals surface area contributed by atoms with Crippen LogP contribution >= 0.6 is 0 Å². The molecular formula is C15H17F2NO3. The van der Waals surface area contributed by atoms with E-state index in [1.165, 1.54) is 23.1 Å². The molecule has 2 rings (SSSR count). The molecule has 1 saturated carbocycles. The van der Waals surface area contributed by atoms with Crippen molar-refractivity contribution in [3.05, 3.63) is 35.4 Å². The van der Waals surface area contributed by atoms with Crippen LogP contribution < -0.4 is 0 Å². The van der Waals surface area contributed by atoms with Crippen LogP contribution in [-0.2, 0) is 9.59 Å². The second-order valence-corrected chi connectivity index (χ2v) is 5.34. The van der Waals surface area contributed by atoms with E-state index in [1.54, 1.807) is 7.05 Å². The van der Waals surface area contributed by atoms with E-state index < -0.39 is 29.4 Å². The van der Waals surface area contributed by atoms with Crippen LogP contribution in [0.25, 0.3) is 0 Å². The predicted molar refractivity (Wildman–Crippen MR) is 71.7 cm³/mol. The Kier molecular flexibility index (Phi) is 4.55. The van der Waals surface area contributed by atoms with Crippen molar-refractivity contribution in [2.45, 2.75) is 25.2 Å². The molecule has 0 bridgehead atoms. The van der Waals surface area contributed by atoms with Crippen LogP contribution in [-0.4, -0.2) is 35.5 Å². The van der Waals surface area contributed by atoms with Gasteiger partial charge in [-0.25, -0.2) is 8.78 Å². The van der Waals surface area contributed by atoms with Gasteiger partial charge in [-0.3, -0.25) is 9.59 Å². The summed E-state index contributed by atoms with van der Waals surface area (Å²) in [6.07, 6.45) is 0.788. The van der Waals surface area contributed by atoms with Crippen molar-refractivity contribution in [1.29, 1.82) is 0 Å². The van der Waals surface area contributed by atoms with E-state index in [0.29, 0.717) is 19.4 Å². The van der Waals surface area contributed by atoms with E-state index in [4.69, 9.17) is 5.11 Å². The van der Waals surface area contributed by atoms with Gasteiger partial charge in [-0.15, -0.1) is 0 Å². The minimum atomic E-state index is -0.909. The zero-order valence-corrected chi connectivity index (χ0v) is 11.7. The standard InChI is InChI=1S/C15H17F2NO3/c1-18(7-3-6-13(19)20)15(21)10-8-9(10)14-11(16)4-2-5-12(14)17/h2,4-5,9-10H,3,6-8H2,1H3,(H,19,20). The van der Waals surface area contributed by atoms with Gasteiger partial charge >= 0.3 is 5.97 Å². The van der Waals surface area contributed by atoms with Crippen LogP contribution in [0.5, 0.6) is 0 Å². The summed E-state index contributed by atoms with van der Waals surface area (Å²) in [5.41, 5.74) is -0.0187. The molecule has 2 unspecified atom stereocenters. The average molecular weight is 297 g/mol. The van der Waals surface area contributed by atoms with E-state index in [1.807, 2.05) is 0 Å². The molecule has 1 aromatic carbocycles. The fraction of sp³-hybridized carbons (Fsp3) is 0.467. The fourth-order valence-corrected chi connectivity index (χ4v) is 2.51. The monoisotopic (exact) mass is 297 g/mol. The van der Waals surface area contributed by atoms with E-state index in [2.05, 4.69) is 0 Å². The third-order valence-corrected chi connectivity index (χ3v) is 3.74. The zero-order valence-electron chi connectivity index (χ0n) is 11.7. The number of carbonyl (C=O) groups excluding carboxylic acids is 1. The molecule has 21 heavy (non-hydrogen) atoms. The highest BCUT2D eigenvalue weighted by molar-refractivity contribution is 5.82. The number of hydrogen-bond donors (Lipinski definition) is 1. The normalized spacial score (nSPS) is 20.1. The average Bonchev–Trinajstić information content (AvgIpc) is 3.17. The molecule has 2 atom stereocenters. The highest BCUT2D eigenvalue weighted by atomic mass is 19.1. The number of nitrogens with zero attached hydrogens (tertiary/aromatic N) is 1. The quantitative estimate of drug-likeness (QED) is 0.877. The predicted octanol–water partition coefficient (Wildman–Crippen LogP) is 2.39. The number of carbonyl (C=O) groups is 2. The van der Waals surface area contributed by atoms with Gasteiger partial charge in [0.15, 0.2) is 0 Å². The van der Waals surface area contributed by atoms with Crippen molar-refractivity contribution in [2.75, 3.05) is 13.6 Å². The lowest BCUT2D eigenvalue weighted by molar-refractivity contribution is -0.138. The van der Waals surface area contributed by atoms with Crippen molar-refractivity contribution in [1.82, 2.24) is 4.90 Å².